The van der Waals surface area contributed by atoms with Gasteiger partial charge in [0.15, 0.2) is 5.60 Å². The second kappa shape index (κ2) is 7.17. The van der Waals surface area contributed by atoms with Gasteiger partial charge in [-0.2, -0.15) is 0 Å². The number of hydrogen-bond donors (Lipinski definition) is 5. The Kier molecular flexibility index (Phi) is 7.30. The van der Waals surface area contributed by atoms with Crippen LogP contribution in [0.2, 0.25) is 0 Å². The Morgan fingerprint density at radius 3 is 1.38 bits per heavy atom. The van der Waals surface area contributed by atoms with E-state index in [0.29, 0.717) is 0 Å². The normalized spacial score (nSPS) is 9.56. The van der Waals surface area contributed by atoms with E-state index in [1.165, 1.54) is 0 Å². The Morgan fingerprint density at radius 1 is 1.00 bits per heavy atom. The van der Waals surface area contributed by atoms with E-state index in [0.717, 1.165) is 0 Å². The molecule has 0 aliphatic rings. The molecule has 5 N–H and O–H groups in total. The van der Waals surface area contributed by atoms with Crippen molar-refractivity contribution in [2.75, 3.05) is 0 Å². The minimum Gasteiger partial charge on any atom is -0.483 e. The van der Waals surface area contributed by atoms with Gasteiger partial charge in [0.1, 0.15) is 0 Å². The molecule has 0 heterocycles. The highest BCUT2D eigenvalue weighted by Crippen LogP contribution is 2.15. The Hall–Kier alpha value is -2.16. The van der Waals surface area contributed by atoms with Gasteiger partial charge in [-0.1, -0.05) is 0 Å². The van der Waals surface area contributed by atoms with Crippen LogP contribution < -0.4 is 0 Å². The molecule has 92 valence electrons. The third-order valence-electron chi connectivity index (χ3n) is 1.29. The summed E-state index contributed by atoms with van der Waals surface area (Å²) in [7, 11) is 0. The summed E-state index contributed by atoms with van der Waals surface area (Å²) in [5, 5.41) is 40.7. The second-order valence-corrected chi connectivity index (χ2v) is 2.58. The second-order valence-electron chi connectivity index (χ2n) is 2.58. The smallest absolute Gasteiger partial charge is 0.336 e. The monoisotopic (exact) mass is 238 g/mol. The van der Waals surface area contributed by atoms with Crippen molar-refractivity contribution < 1.29 is 44.7 Å². The fourth-order valence-corrected chi connectivity index (χ4v) is 0.714. The van der Waals surface area contributed by atoms with E-state index in [4.69, 9.17) is 30.3 Å². The van der Waals surface area contributed by atoms with Gasteiger partial charge in [-0.25, -0.2) is 4.79 Å². The summed E-state index contributed by atoms with van der Waals surface area (Å²) in [4.78, 5) is 38.8. The van der Waals surface area contributed by atoms with Gasteiger partial charge >= 0.3 is 17.9 Å². The lowest BCUT2D eigenvalue weighted by Gasteiger charge is -2.18. The molecule has 0 fully saturated rings. The maximum atomic E-state index is 10.3. The highest BCUT2D eigenvalue weighted by Gasteiger charge is 2.40. The van der Waals surface area contributed by atoms with Crippen molar-refractivity contribution in [3.63, 3.8) is 0 Å². The third kappa shape index (κ3) is 7.26. The molecular formula is C7H10O9. The minimum absolute atomic E-state index is 0.250. The van der Waals surface area contributed by atoms with Gasteiger partial charge in [-0.05, 0) is 0 Å². The molecule has 0 radical (unpaired) electrons. The number of carboxylic acids is 3. The predicted molar refractivity (Wildman–Crippen MR) is 45.8 cm³/mol. The zero-order valence-corrected chi connectivity index (χ0v) is 7.86. The van der Waals surface area contributed by atoms with Gasteiger partial charge in [0.25, 0.3) is 6.47 Å². The topological polar surface area (TPSA) is 169 Å². The lowest BCUT2D eigenvalue weighted by atomic mass is 9.96. The maximum Gasteiger partial charge on any atom is 0.336 e. The quantitative estimate of drug-likeness (QED) is 0.356. The summed E-state index contributed by atoms with van der Waals surface area (Å²) in [5.41, 5.74) is -2.74. The molecule has 9 nitrogen and oxygen atoms in total. The van der Waals surface area contributed by atoms with Gasteiger partial charge in [-0.3, -0.25) is 14.4 Å². The fourth-order valence-electron chi connectivity index (χ4n) is 0.714. The molecular weight excluding hydrogens is 228 g/mol. The van der Waals surface area contributed by atoms with Crippen LogP contribution in [0.4, 0.5) is 0 Å². The molecule has 0 aliphatic heterocycles. The summed E-state index contributed by atoms with van der Waals surface area (Å²) in [6.07, 6.45) is -2.29. The van der Waals surface area contributed by atoms with Crippen molar-refractivity contribution in [1.82, 2.24) is 0 Å². The van der Waals surface area contributed by atoms with Crippen LogP contribution in [-0.4, -0.2) is 55.5 Å². The lowest BCUT2D eigenvalue weighted by Crippen LogP contribution is -2.42. The van der Waals surface area contributed by atoms with Crippen LogP contribution in [0.1, 0.15) is 12.8 Å². The van der Waals surface area contributed by atoms with E-state index in [-0.39, 0.29) is 6.47 Å². The molecule has 0 aliphatic carbocycles. The van der Waals surface area contributed by atoms with Crippen molar-refractivity contribution in [1.29, 1.82) is 0 Å². The first kappa shape index (κ1) is 16.3. The zero-order valence-electron chi connectivity index (χ0n) is 7.86. The Labute approximate surface area is 88.6 Å². The van der Waals surface area contributed by atoms with E-state index in [1.807, 2.05) is 0 Å². The molecule has 0 saturated heterocycles. The Balaban J connectivity index is 0. The number of carboxylic acid groups (broad SMARTS) is 4. The van der Waals surface area contributed by atoms with E-state index >= 15 is 0 Å². The first-order chi connectivity index (χ1) is 7.19. The molecule has 0 saturated carbocycles. The molecule has 0 rings (SSSR count). The zero-order chi connectivity index (χ0) is 13.4. The first-order valence-electron chi connectivity index (χ1n) is 3.66. The third-order valence-corrected chi connectivity index (χ3v) is 1.29. The SMILES string of the molecule is O=C(O)CC(O)(CC(=O)O)C(=O)O.O=CO. The maximum absolute atomic E-state index is 10.3. The van der Waals surface area contributed by atoms with E-state index in [1.54, 1.807) is 0 Å². The van der Waals surface area contributed by atoms with Crippen molar-refractivity contribution in [3.8, 4) is 0 Å². The van der Waals surface area contributed by atoms with Crippen LogP contribution in [0, 0.1) is 0 Å². The van der Waals surface area contributed by atoms with Crippen molar-refractivity contribution in [2.24, 2.45) is 0 Å². The Morgan fingerprint density at radius 2 is 1.25 bits per heavy atom. The summed E-state index contributed by atoms with van der Waals surface area (Å²) in [6, 6.07) is 0. The van der Waals surface area contributed by atoms with E-state index in [9.17, 15) is 14.4 Å². The van der Waals surface area contributed by atoms with Gasteiger partial charge in [0.05, 0.1) is 12.8 Å². The van der Waals surface area contributed by atoms with Crippen LogP contribution in [0.25, 0.3) is 0 Å². The van der Waals surface area contributed by atoms with Gasteiger partial charge < -0.3 is 25.5 Å². The van der Waals surface area contributed by atoms with Gasteiger partial charge in [0, 0.05) is 0 Å². The molecule has 16 heavy (non-hydrogen) atoms. The molecule has 0 aromatic heterocycles. The average molecular weight is 238 g/mol. The summed E-state index contributed by atoms with van der Waals surface area (Å²) < 4.78 is 0. The first-order valence-corrected chi connectivity index (χ1v) is 3.66. The number of aliphatic hydroxyl groups is 1. The largest absolute Gasteiger partial charge is 0.483 e. The van der Waals surface area contributed by atoms with Crippen molar-refractivity contribution in [2.45, 2.75) is 18.4 Å². The Bertz CT molecular complexity index is 266. The highest BCUT2D eigenvalue weighted by molar-refractivity contribution is 5.88. The van der Waals surface area contributed by atoms with E-state index < -0.39 is 36.4 Å². The van der Waals surface area contributed by atoms with Crippen LogP contribution in [-0.2, 0) is 19.2 Å². The lowest BCUT2D eigenvalue weighted by molar-refractivity contribution is -0.170. The summed E-state index contributed by atoms with van der Waals surface area (Å²) >= 11 is 0. The molecule has 0 atom stereocenters. The van der Waals surface area contributed by atoms with E-state index in [2.05, 4.69) is 0 Å². The number of carbonyl (C=O) groups is 4. The molecule has 0 spiro atoms. The van der Waals surface area contributed by atoms with Gasteiger partial charge in [0.2, 0.25) is 0 Å². The molecule has 0 aromatic rings. The van der Waals surface area contributed by atoms with Crippen molar-refractivity contribution >= 4 is 24.4 Å². The number of rotatable bonds is 5. The van der Waals surface area contributed by atoms with Crippen LogP contribution >= 0.6 is 0 Å². The predicted octanol–water partition coefficient (Wildman–Crippen LogP) is -1.55. The molecule has 0 aromatic carbocycles. The van der Waals surface area contributed by atoms with Crippen LogP contribution in [0.15, 0.2) is 0 Å². The number of aliphatic carboxylic acids is 3. The fraction of sp³-hybridized carbons (Fsp3) is 0.429. The minimum atomic E-state index is -2.74. The molecule has 0 amide bonds. The summed E-state index contributed by atoms with van der Waals surface area (Å²) in [5.74, 6) is -5.02. The van der Waals surface area contributed by atoms with Crippen LogP contribution in [0.3, 0.4) is 0 Å². The highest BCUT2D eigenvalue weighted by atomic mass is 16.4. The summed E-state index contributed by atoms with van der Waals surface area (Å²) in [6.45, 7) is -0.250. The standard InChI is InChI=1S/C6H8O7.CH2O2/c7-3(8)1-6(13,5(11)12)2-4(9)10;2-1-3/h13H,1-2H2,(H,7,8)(H,9,10)(H,11,12);1H,(H,2,3). The van der Waals surface area contributed by atoms with Crippen molar-refractivity contribution in [3.05, 3.63) is 0 Å². The van der Waals surface area contributed by atoms with Crippen LogP contribution in [0.5, 0.6) is 0 Å². The number of hydrogen-bond acceptors (Lipinski definition) is 5. The average Bonchev–Trinajstić information content (AvgIpc) is 2.01. The molecule has 0 bridgehead atoms. The molecule has 9 heteroatoms. The molecule has 0 unspecified atom stereocenters. The van der Waals surface area contributed by atoms with Gasteiger partial charge in [-0.15, -0.1) is 0 Å².